The minimum absolute atomic E-state index is 0.101. The van der Waals surface area contributed by atoms with Crippen LogP contribution >= 0.6 is 11.8 Å². The van der Waals surface area contributed by atoms with Gasteiger partial charge in [0.15, 0.2) is 5.75 Å². The number of nitrogens with one attached hydrogen (secondary N) is 1. The second-order valence-electron chi connectivity index (χ2n) is 6.48. The van der Waals surface area contributed by atoms with E-state index >= 15 is 0 Å². The number of rotatable bonds is 6. The maximum absolute atomic E-state index is 11.6. The van der Waals surface area contributed by atoms with Crippen LogP contribution in [0.1, 0.15) is 44.1 Å². The number of hydrogen-bond donors (Lipinski definition) is 1. The molecule has 1 saturated heterocycles. The number of carbonyl (C=O) groups is 2. The summed E-state index contributed by atoms with van der Waals surface area (Å²) in [5, 5.41) is 13.0. The summed E-state index contributed by atoms with van der Waals surface area (Å²) < 4.78 is 5.71. The van der Waals surface area contributed by atoms with Crippen LogP contribution in [-0.4, -0.2) is 22.7 Å². The molecule has 0 radical (unpaired) electrons. The van der Waals surface area contributed by atoms with Gasteiger partial charge in [-0.25, -0.2) is 0 Å². The summed E-state index contributed by atoms with van der Waals surface area (Å²) in [4.78, 5) is 33.9. The molecule has 2 amide bonds. The summed E-state index contributed by atoms with van der Waals surface area (Å²) in [7, 11) is 0. The third kappa shape index (κ3) is 4.63. The normalized spacial score (nSPS) is 19.6. The molecule has 0 spiro atoms. The lowest BCUT2D eigenvalue weighted by molar-refractivity contribution is -0.385. The lowest BCUT2D eigenvalue weighted by atomic mass is 9.87. The minimum Gasteiger partial charge on any atom is -0.487 e. The van der Waals surface area contributed by atoms with Crippen molar-refractivity contribution in [3.8, 4) is 5.75 Å². The molecule has 1 saturated carbocycles. The predicted molar refractivity (Wildman–Crippen MR) is 98.9 cm³/mol. The number of ether oxygens (including phenoxy) is 1. The summed E-state index contributed by atoms with van der Waals surface area (Å²) in [5.74, 6) is 0.353. The zero-order chi connectivity index (χ0) is 18.5. The van der Waals surface area contributed by atoms with E-state index in [1.165, 1.54) is 50.3 Å². The minimum atomic E-state index is -0.479. The van der Waals surface area contributed by atoms with Gasteiger partial charge in [0, 0.05) is 6.07 Å². The number of nitro groups is 1. The Morgan fingerprint density at radius 1 is 1.27 bits per heavy atom. The molecule has 138 valence electrons. The average molecular weight is 376 g/mol. The first-order valence-corrected chi connectivity index (χ1v) is 9.50. The first-order valence-electron chi connectivity index (χ1n) is 8.69. The Labute approximate surface area is 155 Å². The van der Waals surface area contributed by atoms with Gasteiger partial charge < -0.3 is 4.74 Å². The fourth-order valence-electron chi connectivity index (χ4n) is 3.27. The summed E-state index contributed by atoms with van der Waals surface area (Å²) in [6, 6.07) is 4.44. The molecule has 1 N–H and O–H groups in total. The molecule has 7 nitrogen and oxygen atoms in total. The van der Waals surface area contributed by atoms with Gasteiger partial charge in [0.2, 0.25) is 0 Å². The van der Waals surface area contributed by atoms with E-state index in [0.717, 1.165) is 18.2 Å². The van der Waals surface area contributed by atoms with Crippen molar-refractivity contribution >= 4 is 34.7 Å². The van der Waals surface area contributed by atoms with Crippen LogP contribution in [0.5, 0.6) is 5.75 Å². The van der Waals surface area contributed by atoms with Crippen LogP contribution in [0.25, 0.3) is 6.08 Å². The predicted octanol–water partition coefficient (Wildman–Crippen LogP) is 4.27. The van der Waals surface area contributed by atoms with Gasteiger partial charge in [0.05, 0.1) is 16.4 Å². The summed E-state index contributed by atoms with van der Waals surface area (Å²) in [6.45, 7) is 0.430. The van der Waals surface area contributed by atoms with Gasteiger partial charge in [0.1, 0.15) is 0 Å². The third-order valence-corrected chi connectivity index (χ3v) is 5.44. The van der Waals surface area contributed by atoms with Crippen LogP contribution < -0.4 is 10.1 Å². The van der Waals surface area contributed by atoms with E-state index in [9.17, 15) is 19.7 Å². The summed E-state index contributed by atoms with van der Waals surface area (Å²) >= 11 is 0.808. The highest BCUT2D eigenvalue weighted by atomic mass is 32.2. The fraction of sp³-hybridized carbons (Fsp3) is 0.444. The molecule has 1 aromatic carbocycles. The molecule has 0 aromatic heterocycles. The van der Waals surface area contributed by atoms with Gasteiger partial charge in [-0.2, -0.15) is 0 Å². The number of carbonyl (C=O) groups excluding carboxylic acids is 2. The van der Waals surface area contributed by atoms with E-state index in [2.05, 4.69) is 5.32 Å². The molecule has 1 aromatic rings. The average Bonchev–Trinajstić information content (AvgIpc) is 2.93. The van der Waals surface area contributed by atoms with E-state index < -0.39 is 16.1 Å². The van der Waals surface area contributed by atoms with Crippen LogP contribution in [0.4, 0.5) is 10.5 Å². The molecule has 0 atom stereocenters. The van der Waals surface area contributed by atoms with Crippen molar-refractivity contribution in [1.29, 1.82) is 0 Å². The van der Waals surface area contributed by atoms with E-state index in [1.54, 1.807) is 6.07 Å². The largest absolute Gasteiger partial charge is 0.487 e. The van der Waals surface area contributed by atoms with E-state index in [-0.39, 0.29) is 16.3 Å². The Kier molecular flexibility index (Phi) is 5.92. The van der Waals surface area contributed by atoms with Crippen LogP contribution in [0.15, 0.2) is 23.1 Å². The fourth-order valence-corrected chi connectivity index (χ4v) is 3.95. The highest BCUT2D eigenvalue weighted by molar-refractivity contribution is 8.18. The van der Waals surface area contributed by atoms with Gasteiger partial charge >= 0.3 is 5.69 Å². The molecular weight excluding hydrogens is 356 g/mol. The topological polar surface area (TPSA) is 98.5 Å². The first-order chi connectivity index (χ1) is 12.5. The number of nitrogens with zero attached hydrogens (tertiary/aromatic N) is 1. The highest BCUT2D eigenvalue weighted by Gasteiger charge is 2.25. The highest BCUT2D eigenvalue weighted by Crippen LogP contribution is 2.32. The van der Waals surface area contributed by atoms with Crippen molar-refractivity contribution in [2.45, 2.75) is 38.5 Å². The molecule has 2 fully saturated rings. The van der Waals surface area contributed by atoms with Crippen molar-refractivity contribution in [1.82, 2.24) is 5.32 Å². The van der Waals surface area contributed by atoms with Crippen LogP contribution in [0, 0.1) is 16.0 Å². The second kappa shape index (κ2) is 8.35. The Bertz CT molecular complexity index is 756. The molecule has 26 heavy (non-hydrogen) atoms. The van der Waals surface area contributed by atoms with Crippen molar-refractivity contribution in [2.24, 2.45) is 5.92 Å². The van der Waals surface area contributed by atoms with E-state index in [1.807, 2.05) is 0 Å². The molecule has 8 heteroatoms. The van der Waals surface area contributed by atoms with Crippen molar-refractivity contribution < 1.29 is 19.2 Å². The summed E-state index contributed by atoms with van der Waals surface area (Å²) in [5.41, 5.74) is 0.478. The Balaban J connectivity index is 1.71. The maximum Gasteiger partial charge on any atom is 0.310 e. The zero-order valence-electron chi connectivity index (χ0n) is 14.2. The van der Waals surface area contributed by atoms with Crippen LogP contribution in [0.2, 0.25) is 0 Å². The smallest absolute Gasteiger partial charge is 0.310 e. The number of benzene rings is 1. The molecule has 1 aliphatic carbocycles. The zero-order valence-corrected chi connectivity index (χ0v) is 15.0. The number of imide groups is 1. The molecule has 0 bridgehead atoms. The van der Waals surface area contributed by atoms with Gasteiger partial charge in [0.25, 0.3) is 11.1 Å². The Hall–Kier alpha value is -2.35. The SMILES string of the molecule is O=C1NC(=O)/C(=C\c2ccc([N+](=O)[O-])c(OCCC3CCCCC3)c2)S1. The molecular formula is C18H20N2O5S. The van der Waals surface area contributed by atoms with E-state index in [4.69, 9.17) is 4.74 Å². The Morgan fingerprint density at radius 3 is 2.69 bits per heavy atom. The number of amides is 2. The third-order valence-electron chi connectivity index (χ3n) is 4.63. The standard InChI is InChI=1S/C18H20N2O5S/c21-17-16(26-18(22)19-17)11-13-6-7-14(20(23)24)15(10-13)25-9-8-12-4-2-1-3-5-12/h6-7,10-12H,1-5,8-9H2,(H,19,21,22)/b16-11+. The molecule has 1 aliphatic heterocycles. The second-order valence-corrected chi connectivity index (χ2v) is 7.49. The van der Waals surface area contributed by atoms with Crippen LogP contribution in [-0.2, 0) is 4.79 Å². The molecule has 3 rings (SSSR count). The van der Waals surface area contributed by atoms with E-state index in [0.29, 0.717) is 18.1 Å². The summed E-state index contributed by atoms with van der Waals surface area (Å²) in [6.07, 6.45) is 8.57. The molecule has 2 aliphatic rings. The van der Waals surface area contributed by atoms with Crippen molar-refractivity contribution in [3.63, 3.8) is 0 Å². The van der Waals surface area contributed by atoms with Gasteiger partial charge in [-0.15, -0.1) is 0 Å². The number of thioether (sulfide) groups is 1. The van der Waals surface area contributed by atoms with Crippen LogP contribution in [0.3, 0.4) is 0 Å². The Morgan fingerprint density at radius 2 is 2.04 bits per heavy atom. The lowest BCUT2D eigenvalue weighted by Crippen LogP contribution is -2.17. The quantitative estimate of drug-likeness (QED) is 0.452. The van der Waals surface area contributed by atoms with Gasteiger partial charge in [-0.05, 0) is 47.9 Å². The number of hydrogen-bond acceptors (Lipinski definition) is 6. The van der Waals surface area contributed by atoms with Crippen molar-refractivity contribution in [2.75, 3.05) is 6.61 Å². The van der Waals surface area contributed by atoms with Crippen molar-refractivity contribution in [3.05, 3.63) is 38.8 Å². The first kappa shape index (κ1) is 18.4. The van der Waals surface area contributed by atoms with Gasteiger partial charge in [-0.3, -0.25) is 25.0 Å². The molecule has 1 heterocycles. The van der Waals surface area contributed by atoms with Gasteiger partial charge in [-0.1, -0.05) is 32.1 Å². The lowest BCUT2D eigenvalue weighted by Gasteiger charge is -2.21. The molecule has 0 unspecified atom stereocenters. The maximum atomic E-state index is 11.6. The monoisotopic (exact) mass is 376 g/mol. The number of nitro benzene ring substituents is 1.